The summed E-state index contributed by atoms with van der Waals surface area (Å²) in [5, 5.41) is 0. The molecule has 0 bridgehead atoms. The predicted octanol–water partition coefficient (Wildman–Crippen LogP) is 3.06. The maximum atomic E-state index is 12.7. The molecule has 1 saturated heterocycles. The minimum atomic E-state index is -0.780. The summed E-state index contributed by atoms with van der Waals surface area (Å²) in [5.74, 6) is 1.04. The summed E-state index contributed by atoms with van der Waals surface area (Å²) >= 11 is 0. The lowest BCUT2D eigenvalue weighted by molar-refractivity contribution is -0.136. The van der Waals surface area contributed by atoms with E-state index in [-0.39, 0.29) is 11.9 Å². The van der Waals surface area contributed by atoms with Gasteiger partial charge in [-0.1, -0.05) is 13.8 Å². The fraction of sp³-hybridized carbons (Fsp3) is 0.471. The van der Waals surface area contributed by atoms with Gasteiger partial charge in [0.1, 0.15) is 17.0 Å². The largest absolute Gasteiger partial charge is 0.497 e. The molecule has 0 saturated carbocycles. The van der Waals surface area contributed by atoms with E-state index < -0.39 is 5.41 Å². The number of amides is 3. The van der Waals surface area contributed by atoms with Crippen LogP contribution in [0.15, 0.2) is 29.3 Å². The zero-order valence-electron chi connectivity index (χ0n) is 14.3. The highest BCUT2D eigenvalue weighted by atomic mass is 16.5. The summed E-state index contributed by atoms with van der Waals surface area (Å²) in [7, 11) is 4.78. The fourth-order valence-corrected chi connectivity index (χ4v) is 2.97. The van der Waals surface area contributed by atoms with E-state index in [2.05, 4.69) is 4.99 Å². The van der Waals surface area contributed by atoms with Crippen molar-refractivity contribution < 1.29 is 14.3 Å². The molecule has 1 aliphatic rings. The molecule has 1 aromatic rings. The molecule has 0 aromatic heterocycles. The predicted molar refractivity (Wildman–Crippen MR) is 89.0 cm³/mol. The van der Waals surface area contributed by atoms with Crippen molar-refractivity contribution in [2.75, 3.05) is 21.2 Å². The molecule has 0 aliphatic carbocycles. The van der Waals surface area contributed by atoms with Crippen molar-refractivity contribution in [2.24, 2.45) is 10.4 Å². The molecule has 0 spiro atoms. The highest BCUT2D eigenvalue weighted by molar-refractivity contribution is 6.21. The molecular weight excluding hydrogens is 294 g/mol. The number of rotatable bonds is 4. The van der Waals surface area contributed by atoms with Crippen LogP contribution in [-0.2, 0) is 4.79 Å². The first kappa shape index (κ1) is 17.0. The molecule has 1 aliphatic heterocycles. The number of hydrogen-bond acceptors (Lipinski definition) is 4. The van der Waals surface area contributed by atoms with Gasteiger partial charge < -0.3 is 4.74 Å². The lowest BCUT2D eigenvalue weighted by Crippen LogP contribution is -2.62. The second kappa shape index (κ2) is 6.40. The Morgan fingerprint density at radius 3 is 2.09 bits per heavy atom. The van der Waals surface area contributed by atoms with Crippen LogP contribution in [-0.4, -0.2) is 48.8 Å². The third kappa shape index (κ3) is 2.69. The summed E-state index contributed by atoms with van der Waals surface area (Å²) < 4.78 is 5.14. The van der Waals surface area contributed by atoms with Crippen LogP contribution >= 0.6 is 0 Å². The first-order chi connectivity index (χ1) is 10.9. The first-order valence-corrected chi connectivity index (χ1v) is 7.70. The average molecular weight is 317 g/mol. The molecule has 1 aromatic carbocycles. The number of aliphatic imine (C=N–C) groups is 1. The van der Waals surface area contributed by atoms with Crippen molar-refractivity contribution in [2.45, 2.75) is 26.7 Å². The van der Waals surface area contributed by atoms with Gasteiger partial charge in [-0.2, -0.15) is 0 Å². The summed E-state index contributed by atoms with van der Waals surface area (Å²) in [6.07, 6.45) is 1.17. The van der Waals surface area contributed by atoms with Crippen LogP contribution in [0.4, 0.5) is 10.5 Å². The Kier molecular flexibility index (Phi) is 4.73. The van der Waals surface area contributed by atoms with Gasteiger partial charge in [-0.05, 0) is 37.1 Å². The average Bonchev–Trinajstić information content (AvgIpc) is 2.59. The van der Waals surface area contributed by atoms with E-state index in [0.29, 0.717) is 24.4 Å². The van der Waals surface area contributed by atoms with E-state index >= 15 is 0 Å². The molecule has 1 heterocycles. The van der Waals surface area contributed by atoms with Crippen molar-refractivity contribution in [3.63, 3.8) is 0 Å². The van der Waals surface area contributed by atoms with Crippen LogP contribution in [0.25, 0.3) is 0 Å². The summed E-state index contributed by atoms with van der Waals surface area (Å²) in [6.45, 7) is 3.89. The standard InChI is InChI=1S/C17H23N3O3/c1-6-17(7-2)14(19(3)16(22)20(4)15(17)21)18-12-8-10-13(23-5)11-9-12/h8-11H,6-7H2,1-5H3. The van der Waals surface area contributed by atoms with Crippen molar-refractivity contribution in [3.8, 4) is 5.75 Å². The molecule has 2 rings (SSSR count). The van der Waals surface area contributed by atoms with Crippen molar-refractivity contribution in [1.29, 1.82) is 0 Å². The number of carbonyl (C=O) groups excluding carboxylic acids is 2. The summed E-state index contributed by atoms with van der Waals surface area (Å²) in [5.41, 5.74) is -0.0961. The molecule has 3 amide bonds. The molecule has 1 fully saturated rings. The number of ether oxygens (including phenoxy) is 1. The smallest absolute Gasteiger partial charge is 0.331 e. The van der Waals surface area contributed by atoms with Gasteiger partial charge in [0.25, 0.3) is 0 Å². The number of hydrogen-bond donors (Lipinski definition) is 0. The number of benzene rings is 1. The molecular formula is C17H23N3O3. The molecule has 6 heteroatoms. The van der Waals surface area contributed by atoms with Gasteiger partial charge in [-0.25, -0.2) is 9.79 Å². The lowest BCUT2D eigenvalue weighted by Gasteiger charge is -2.43. The number of methoxy groups -OCH3 is 1. The highest BCUT2D eigenvalue weighted by Crippen LogP contribution is 2.37. The minimum absolute atomic E-state index is 0.196. The maximum Gasteiger partial charge on any atom is 0.331 e. The molecule has 0 unspecified atom stereocenters. The van der Waals surface area contributed by atoms with E-state index in [0.717, 1.165) is 5.75 Å². The van der Waals surface area contributed by atoms with Crippen molar-refractivity contribution >= 4 is 23.5 Å². The van der Waals surface area contributed by atoms with Gasteiger partial charge in [-0.15, -0.1) is 0 Å². The monoisotopic (exact) mass is 317 g/mol. The zero-order valence-corrected chi connectivity index (χ0v) is 14.3. The molecule has 23 heavy (non-hydrogen) atoms. The van der Waals surface area contributed by atoms with Gasteiger partial charge in [-0.3, -0.25) is 14.6 Å². The van der Waals surface area contributed by atoms with Crippen LogP contribution in [0.3, 0.4) is 0 Å². The molecule has 124 valence electrons. The van der Waals surface area contributed by atoms with E-state index in [1.165, 1.54) is 16.8 Å². The maximum absolute atomic E-state index is 12.7. The lowest BCUT2D eigenvalue weighted by atomic mass is 9.77. The van der Waals surface area contributed by atoms with Crippen LogP contribution in [0.5, 0.6) is 5.75 Å². The third-order valence-corrected chi connectivity index (χ3v) is 4.55. The number of carbonyl (C=O) groups is 2. The normalized spacial score (nSPS) is 19.4. The van der Waals surface area contributed by atoms with E-state index in [1.54, 1.807) is 26.3 Å². The fourth-order valence-electron chi connectivity index (χ4n) is 2.97. The number of urea groups is 1. The van der Waals surface area contributed by atoms with Crippen molar-refractivity contribution in [3.05, 3.63) is 24.3 Å². The van der Waals surface area contributed by atoms with E-state index in [4.69, 9.17) is 4.74 Å². The van der Waals surface area contributed by atoms with Crippen LogP contribution < -0.4 is 4.74 Å². The van der Waals surface area contributed by atoms with E-state index in [9.17, 15) is 9.59 Å². The quantitative estimate of drug-likeness (QED) is 0.857. The van der Waals surface area contributed by atoms with Crippen LogP contribution in [0.2, 0.25) is 0 Å². The Morgan fingerprint density at radius 2 is 1.61 bits per heavy atom. The van der Waals surface area contributed by atoms with E-state index in [1.807, 2.05) is 26.0 Å². The Bertz CT molecular complexity index is 633. The zero-order chi connectivity index (χ0) is 17.2. The summed E-state index contributed by atoms with van der Waals surface area (Å²) in [6, 6.07) is 6.86. The Balaban J connectivity index is 2.55. The number of nitrogens with zero attached hydrogens (tertiary/aromatic N) is 3. The van der Waals surface area contributed by atoms with Crippen LogP contribution in [0, 0.1) is 5.41 Å². The number of imide groups is 1. The Labute approximate surface area is 136 Å². The van der Waals surface area contributed by atoms with Crippen LogP contribution in [0.1, 0.15) is 26.7 Å². The minimum Gasteiger partial charge on any atom is -0.497 e. The van der Waals surface area contributed by atoms with Gasteiger partial charge in [0.2, 0.25) is 5.91 Å². The molecule has 0 radical (unpaired) electrons. The molecule has 6 nitrogen and oxygen atoms in total. The van der Waals surface area contributed by atoms with Gasteiger partial charge >= 0.3 is 6.03 Å². The van der Waals surface area contributed by atoms with Gasteiger partial charge in [0, 0.05) is 14.1 Å². The SMILES string of the molecule is CCC1(CC)C(=O)N(C)C(=O)N(C)C1=Nc1ccc(OC)cc1. The first-order valence-electron chi connectivity index (χ1n) is 7.70. The van der Waals surface area contributed by atoms with Crippen molar-refractivity contribution in [1.82, 2.24) is 9.80 Å². The second-order valence-electron chi connectivity index (χ2n) is 5.63. The second-order valence-corrected chi connectivity index (χ2v) is 5.63. The molecule has 0 atom stereocenters. The summed E-state index contributed by atoms with van der Waals surface area (Å²) in [4.78, 5) is 32.3. The topological polar surface area (TPSA) is 62.2 Å². The third-order valence-electron chi connectivity index (χ3n) is 4.55. The van der Waals surface area contributed by atoms with Gasteiger partial charge in [0.15, 0.2) is 0 Å². The molecule has 0 N–H and O–H groups in total. The number of amidine groups is 1. The highest BCUT2D eigenvalue weighted by Gasteiger charge is 2.51. The van der Waals surface area contributed by atoms with Gasteiger partial charge in [0.05, 0.1) is 12.8 Å². The Morgan fingerprint density at radius 1 is 1.04 bits per heavy atom. The Hall–Kier alpha value is -2.37.